The molecule has 52 heavy (non-hydrogen) atoms. The summed E-state index contributed by atoms with van der Waals surface area (Å²) in [5.41, 5.74) is 4.73. The van der Waals surface area contributed by atoms with Crippen molar-refractivity contribution in [2.24, 2.45) is 10.2 Å². The standard InChI is InChI=1S/C27H23FN8O9S3.CH4.3Na/c1-2-36(17-6-4-3-5-7-17)27-32-25(28)31-26(33-27)30-16-8-11-21(47(40,41)42)20(14-16)34-35-24-22(48(43,44)45)13-15-12-18(46(37,38)39)9-10-19(15)23(24)29;;;;/h3-14H,2,29H2,1H3,(H,37,38,39)(H,40,41,42)(H,43,44,45)(H,30,31,32,33);1H4;;;/q;;3*+1/p-3. The molecule has 4 aromatic carbocycles. The third-order valence-corrected chi connectivity index (χ3v) is 9.18. The summed E-state index contributed by atoms with van der Waals surface area (Å²) in [6.45, 7) is 2.12. The molecular formula is C28H24FN8Na3O9S3. The smallest absolute Gasteiger partial charge is 0.744 e. The van der Waals surface area contributed by atoms with Crippen molar-refractivity contribution in [3.63, 3.8) is 0 Å². The number of rotatable bonds is 10. The van der Waals surface area contributed by atoms with Crippen molar-refractivity contribution >= 4 is 81.5 Å². The molecule has 0 aliphatic rings. The molecule has 0 saturated heterocycles. The Bertz CT molecular complexity index is 2450. The average Bonchev–Trinajstić information content (AvgIpc) is 2.99. The van der Waals surface area contributed by atoms with Crippen molar-refractivity contribution in [2.45, 2.75) is 29.0 Å². The third-order valence-electron chi connectivity index (χ3n) is 6.61. The summed E-state index contributed by atoms with van der Waals surface area (Å²) in [4.78, 5) is 10.4. The second-order valence-corrected chi connectivity index (χ2v) is 13.8. The number of hydrogen-bond acceptors (Lipinski definition) is 17. The van der Waals surface area contributed by atoms with Gasteiger partial charge in [0.25, 0.3) is 0 Å². The number of nitrogens with two attached hydrogens (primary N) is 1. The number of para-hydroxylation sites is 1. The molecule has 0 aliphatic carbocycles. The van der Waals surface area contributed by atoms with Gasteiger partial charge in [-0.1, -0.05) is 31.7 Å². The van der Waals surface area contributed by atoms with Crippen LogP contribution in [-0.2, 0) is 30.4 Å². The van der Waals surface area contributed by atoms with Crippen molar-refractivity contribution in [1.82, 2.24) is 15.0 Å². The number of nitrogens with one attached hydrogen (secondary N) is 1. The van der Waals surface area contributed by atoms with Crippen molar-refractivity contribution in [2.75, 3.05) is 22.5 Å². The van der Waals surface area contributed by atoms with E-state index >= 15 is 0 Å². The van der Waals surface area contributed by atoms with Gasteiger partial charge in [-0.05, 0) is 60.8 Å². The summed E-state index contributed by atoms with van der Waals surface area (Å²) < 4.78 is 121. The van der Waals surface area contributed by atoms with Crippen molar-refractivity contribution in [3.05, 3.63) is 78.9 Å². The van der Waals surface area contributed by atoms with E-state index < -0.39 is 68.2 Å². The van der Waals surface area contributed by atoms with Gasteiger partial charge in [-0.3, -0.25) is 0 Å². The molecule has 258 valence electrons. The van der Waals surface area contributed by atoms with Crippen LogP contribution in [-0.4, -0.2) is 60.4 Å². The van der Waals surface area contributed by atoms with E-state index in [-0.39, 0.29) is 124 Å². The molecule has 0 unspecified atom stereocenters. The summed E-state index contributed by atoms with van der Waals surface area (Å²) in [5.74, 6) is -0.402. The number of nitrogen functional groups attached to an aromatic ring is 1. The molecule has 0 aliphatic heterocycles. The van der Waals surface area contributed by atoms with Crippen molar-refractivity contribution < 1.29 is 132 Å². The molecule has 0 radical (unpaired) electrons. The van der Waals surface area contributed by atoms with Gasteiger partial charge >= 0.3 is 94.8 Å². The SMILES string of the molecule is C.CCN(c1ccccc1)c1nc(F)nc(Nc2ccc(S(=O)(=O)[O-])c(N=Nc3c(S(=O)(=O)[O-])cc4cc(S(=O)(=O)[O-])ccc4c3N)c2)n1.[Na+].[Na+].[Na+]. The first-order valence-corrected chi connectivity index (χ1v) is 17.5. The maximum atomic E-state index is 14.5. The fourth-order valence-electron chi connectivity index (χ4n) is 4.51. The Morgan fingerprint density at radius 3 is 2.00 bits per heavy atom. The molecule has 1 heterocycles. The van der Waals surface area contributed by atoms with E-state index in [2.05, 4.69) is 30.5 Å². The van der Waals surface area contributed by atoms with E-state index in [0.29, 0.717) is 18.3 Å². The normalized spacial score (nSPS) is 11.5. The van der Waals surface area contributed by atoms with Gasteiger partial charge in [-0.15, -0.1) is 10.2 Å². The Labute approximate surface area is 364 Å². The van der Waals surface area contributed by atoms with Crippen LogP contribution in [0.15, 0.2) is 97.7 Å². The molecule has 0 fully saturated rings. The number of nitrogens with zero attached hydrogens (tertiary/aromatic N) is 6. The Morgan fingerprint density at radius 2 is 1.42 bits per heavy atom. The van der Waals surface area contributed by atoms with Crippen LogP contribution in [0.5, 0.6) is 0 Å². The summed E-state index contributed by atoms with van der Waals surface area (Å²) in [6.07, 6.45) is -1.16. The monoisotopic (exact) mass is 800 g/mol. The second-order valence-electron chi connectivity index (χ2n) is 9.70. The van der Waals surface area contributed by atoms with Crippen LogP contribution in [0.2, 0.25) is 0 Å². The maximum absolute atomic E-state index is 14.5. The van der Waals surface area contributed by atoms with Crippen molar-refractivity contribution in [3.8, 4) is 0 Å². The van der Waals surface area contributed by atoms with E-state index in [4.69, 9.17) is 5.73 Å². The van der Waals surface area contributed by atoms with E-state index in [1.807, 2.05) is 0 Å². The number of hydrogen-bond donors (Lipinski definition) is 2. The maximum Gasteiger partial charge on any atom is 1.00 e. The first-order chi connectivity index (χ1) is 22.5. The predicted molar refractivity (Wildman–Crippen MR) is 172 cm³/mol. The number of anilines is 5. The molecule has 24 heteroatoms. The van der Waals surface area contributed by atoms with E-state index in [1.165, 1.54) is 0 Å². The Kier molecular flexibility index (Phi) is 17.4. The molecule has 0 bridgehead atoms. The van der Waals surface area contributed by atoms with Crippen LogP contribution in [0.3, 0.4) is 0 Å². The molecule has 5 rings (SSSR count). The Morgan fingerprint density at radius 1 is 0.788 bits per heavy atom. The van der Waals surface area contributed by atoms with Gasteiger partial charge in [0.15, 0.2) is 0 Å². The molecule has 5 aromatic rings. The van der Waals surface area contributed by atoms with E-state index in [1.54, 1.807) is 42.2 Å². The van der Waals surface area contributed by atoms with Gasteiger partial charge in [0, 0.05) is 23.3 Å². The molecule has 0 spiro atoms. The summed E-state index contributed by atoms with van der Waals surface area (Å²) >= 11 is 0. The van der Waals surface area contributed by atoms with Gasteiger partial charge in [0.2, 0.25) is 11.9 Å². The average molecular weight is 801 g/mol. The molecule has 1 aromatic heterocycles. The third kappa shape index (κ3) is 11.2. The van der Waals surface area contributed by atoms with Crippen LogP contribution >= 0.6 is 0 Å². The Balaban J connectivity index is 0.00000338. The first kappa shape index (κ1) is 47.8. The number of fused-ring (bicyclic) bond motifs is 1. The van der Waals surface area contributed by atoms with E-state index in [0.717, 1.165) is 36.4 Å². The predicted octanol–water partition coefficient (Wildman–Crippen LogP) is -4.58. The van der Waals surface area contributed by atoms with E-state index in [9.17, 15) is 43.3 Å². The minimum atomic E-state index is -5.39. The molecular weight excluding hydrogens is 777 g/mol. The molecule has 3 N–H and O–H groups in total. The zero-order valence-corrected chi connectivity index (χ0v) is 35.6. The number of aromatic nitrogens is 3. The fraction of sp³-hybridized carbons (Fsp3) is 0.107. The van der Waals surface area contributed by atoms with Gasteiger partial charge in [-0.2, -0.15) is 19.3 Å². The summed E-state index contributed by atoms with van der Waals surface area (Å²) in [5, 5.41) is 9.77. The van der Waals surface area contributed by atoms with Gasteiger partial charge in [0.05, 0.1) is 20.4 Å². The largest absolute Gasteiger partial charge is 1.00 e. The number of halogens is 1. The summed E-state index contributed by atoms with van der Waals surface area (Å²) in [6, 6.07) is 15.2. The minimum absolute atomic E-state index is 0. The molecule has 0 atom stereocenters. The zero-order chi connectivity index (χ0) is 35.0. The molecule has 0 saturated carbocycles. The van der Waals surface area contributed by atoms with Crippen molar-refractivity contribution in [1.29, 1.82) is 0 Å². The molecule has 0 amide bonds. The fourth-order valence-corrected chi connectivity index (χ4v) is 6.26. The van der Waals surface area contributed by atoms with Crippen LogP contribution in [0, 0.1) is 6.08 Å². The van der Waals surface area contributed by atoms with Gasteiger partial charge in [0.1, 0.15) is 41.7 Å². The first-order valence-electron chi connectivity index (χ1n) is 13.3. The van der Waals surface area contributed by atoms with Crippen LogP contribution < -0.4 is 105 Å². The molecule has 17 nitrogen and oxygen atoms in total. The minimum Gasteiger partial charge on any atom is -0.744 e. The van der Waals surface area contributed by atoms with Crippen LogP contribution in [0.1, 0.15) is 14.4 Å². The van der Waals surface area contributed by atoms with Crippen LogP contribution in [0.25, 0.3) is 10.8 Å². The summed E-state index contributed by atoms with van der Waals surface area (Å²) in [7, 11) is -15.6. The number of azo groups is 1. The van der Waals surface area contributed by atoms with Gasteiger partial charge in [-0.25, -0.2) is 25.3 Å². The second kappa shape index (κ2) is 18.9. The number of benzene rings is 4. The zero-order valence-electron chi connectivity index (χ0n) is 27.2. The quantitative estimate of drug-likeness (QED) is 0.0582. The Hall–Kier alpha value is -2.19. The van der Waals surface area contributed by atoms with Crippen LogP contribution in [0.4, 0.5) is 44.7 Å². The van der Waals surface area contributed by atoms with Gasteiger partial charge < -0.3 is 29.6 Å². The topological polar surface area (TPSA) is 276 Å².